The van der Waals surface area contributed by atoms with E-state index in [9.17, 15) is 4.79 Å². The van der Waals surface area contributed by atoms with Gasteiger partial charge in [0.1, 0.15) is 0 Å². The monoisotopic (exact) mass is 275 g/mol. The molecule has 1 aromatic rings. The van der Waals surface area contributed by atoms with Gasteiger partial charge >= 0.3 is 5.97 Å². The van der Waals surface area contributed by atoms with E-state index >= 15 is 0 Å². The van der Waals surface area contributed by atoms with Crippen molar-refractivity contribution < 1.29 is 9.53 Å². The lowest BCUT2D eigenvalue weighted by Gasteiger charge is -2.20. The highest BCUT2D eigenvalue weighted by Crippen LogP contribution is 2.31. The number of ether oxygens (including phenoxy) is 1. The van der Waals surface area contributed by atoms with Crippen LogP contribution in [0, 0.1) is 17.8 Å². The van der Waals surface area contributed by atoms with Gasteiger partial charge in [-0.1, -0.05) is 44.2 Å². The summed E-state index contributed by atoms with van der Waals surface area (Å²) in [7, 11) is 0. The first-order valence-corrected chi connectivity index (χ1v) is 7.54. The second-order valence-corrected chi connectivity index (χ2v) is 5.95. The van der Waals surface area contributed by atoms with Gasteiger partial charge in [-0.05, 0) is 24.3 Å². The van der Waals surface area contributed by atoms with Crippen LogP contribution in [0.5, 0.6) is 0 Å². The standard InChI is InChI=1S/C17H25NO2/c1-4-20-17(19)16-12-18(11-15(16)13(2)3)10-14-8-6-5-7-9-14/h5-9,13,15-16H,4,10-12H2,1-3H3/t15-,16+/m1/s1. The van der Waals surface area contributed by atoms with E-state index < -0.39 is 0 Å². The number of benzene rings is 1. The fourth-order valence-corrected chi connectivity index (χ4v) is 3.06. The Morgan fingerprint density at radius 3 is 2.60 bits per heavy atom. The third-order valence-corrected chi connectivity index (χ3v) is 4.14. The molecule has 0 saturated carbocycles. The maximum Gasteiger partial charge on any atom is 0.310 e. The van der Waals surface area contributed by atoms with Gasteiger partial charge in [0.15, 0.2) is 0 Å². The lowest BCUT2D eigenvalue weighted by molar-refractivity contribution is -0.149. The zero-order valence-electron chi connectivity index (χ0n) is 12.7. The molecule has 1 heterocycles. The van der Waals surface area contributed by atoms with E-state index in [-0.39, 0.29) is 11.9 Å². The third kappa shape index (κ3) is 3.60. The first-order chi connectivity index (χ1) is 9.61. The van der Waals surface area contributed by atoms with Gasteiger partial charge in [0.25, 0.3) is 0 Å². The summed E-state index contributed by atoms with van der Waals surface area (Å²) in [6.07, 6.45) is 0. The average molecular weight is 275 g/mol. The van der Waals surface area contributed by atoms with Crippen molar-refractivity contribution in [3.8, 4) is 0 Å². The second-order valence-electron chi connectivity index (χ2n) is 5.95. The minimum atomic E-state index is -0.0261. The van der Waals surface area contributed by atoms with E-state index in [1.165, 1.54) is 5.56 Å². The van der Waals surface area contributed by atoms with E-state index in [1.54, 1.807) is 0 Å². The Bertz CT molecular complexity index is 430. The molecule has 3 heteroatoms. The number of carbonyl (C=O) groups is 1. The van der Waals surface area contributed by atoms with Crippen LogP contribution in [0.4, 0.5) is 0 Å². The number of rotatable bonds is 5. The van der Waals surface area contributed by atoms with Crippen LogP contribution >= 0.6 is 0 Å². The van der Waals surface area contributed by atoms with Gasteiger partial charge in [0, 0.05) is 19.6 Å². The molecule has 0 aromatic heterocycles. The molecule has 2 rings (SSSR count). The molecule has 110 valence electrons. The first-order valence-electron chi connectivity index (χ1n) is 7.54. The molecule has 0 amide bonds. The molecule has 1 aromatic carbocycles. The van der Waals surface area contributed by atoms with Crippen LogP contribution in [0.15, 0.2) is 30.3 Å². The topological polar surface area (TPSA) is 29.5 Å². The Balaban J connectivity index is 2.02. The average Bonchev–Trinajstić information content (AvgIpc) is 2.84. The molecule has 1 fully saturated rings. The van der Waals surface area contributed by atoms with Gasteiger partial charge < -0.3 is 4.74 Å². The molecule has 0 radical (unpaired) electrons. The van der Waals surface area contributed by atoms with Gasteiger partial charge in [-0.15, -0.1) is 0 Å². The van der Waals surface area contributed by atoms with Crippen LogP contribution in [0.3, 0.4) is 0 Å². The normalized spacial score (nSPS) is 23.2. The van der Waals surface area contributed by atoms with Crippen molar-refractivity contribution in [1.82, 2.24) is 4.90 Å². The highest BCUT2D eigenvalue weighted by molar-refractivity contribution is 5.73. The van der Waals surface area contributed by atoms with Crippen LogP contribution in [0.2, 0.25) is 0 Å². The summed E-state index contributed by atoms with van der Waals surface area (Å²) in [4.78, 5) is 14.5. The van der Waals surface area contributed by atoms with Gasteiger partial charge in [-0.2, -0.15) is 0 Å². The van der Waals surface area contributed by atoms with Gasteiger partial charge in [-0.25, -0.2) is 0 Å². The number of carbonyl (C=O) groups excluding carboxylic acids is 1. The largest absolute Gasteiger partial charge is 0.466 e. The first kappa shape index (κ1) is 15.0. The van der Waals surface area contributed by atoms with E-state index in [2.05, 4.69) is 43.0 Å². The third-order valence-electron chi connectivity index (χ3n) is 4.14. The smallest absolute Gasteiger partial charge is 0.310 e. The Kier molecular flexibility index (Phi) is 5.18. The van der Waals surface area contributed by atoms with Crippen molar-refractivity contribution >= 4 is 5.97 Å². The minimum Gasteiger partial charge on any atom is -0.466 e. The molecule has 1 aliphatic heterocycles. The van der Waals surface area contributed by atoms with Crippen LogP contribution in [0.25, 0.3) is 0 Å². The zero-order chi connectivity index (χ0) is 14.5. The van der Waals surface area contributed by atoms with Crippen molar-refractivity contribution in [2.24, 2.45) is 17.8 Å². The van der Waals surface area contributed by atoms with Crippen molar-refractivity contribution in [2.45, 2.75) is 27.3 Å². The minimum absolute atomic E-state index is 0.0261. The Morgan fingerprint density at radius 1 is 1.30 bits per heavy atom. The predicted octanol–water partition coefficient (Wildman–Crippen LogP) is 2.95. The molecule has 0 spiro atoms. The molecule has 3 nitrogen and oxygen atoms in total. The maximum atomic E-state index is 12.1. The summed E-state index contributed by atoms with van der Waals surface area (Å²) in [6.45, 7) is 9.45. The Hall–Kier alpha value is -1.35. The second kappa shape index (κ2) is 6.89. The zero-order valence-corrected chi connectivity index (χ0v) is 12.7. The van der Waals surface area contributed by atoms with Gasteiger partial charge in [-0.3, -0.25) is 9.69 Å². The molecule has 1 aliphatic rings. The molecule has 20 heavy (non-hydrogen) atoms. The highest BCUT2D eigenvalue weighted by Gasteiger charge is 2.39. The summed E-state index contributed by atoms with van der Waals surface area (Å²) in [5.41, 5.74) is 1.31. The van der Waals surface area contributed by atoms with Crippen molar-refractivity contribution in [1.29, 1.82) is 0 Å². The number of esters is 1. The van der Waals surface area contributed by atoms with Crippen LogP contribution in [0.1, 0.15) is 26.3 Å². The Labute approximate surface area is 121 Å². The van der Waals surface area contributed by atoms with Crippen molar-refractivity contribution in [2.75, 3.05) is 19.7 Å². The number of nitrogens with zero attached hydrogens (tertiary/aromatic N) is 1. The lowest BCUT2D eigenvalue weighted by Crippen LogP contribution is -2.28. The summed E-state index contributed by atoms with van der Waals surface area (Å²) < 4.78 is 5.24. The van der Waals surface area contributed by atoms with Crippen LogP contribution in [-0.4, -0.2) is 30.6 Å². The van der Waals surface area contributed by atoms with E-state index in [0.717, 1.165) is 19.6 Å². The van der Waals surface area contributed by atoms with E-state index in [1.807, 2.05) is 13.0 Å². The van der Waals surface area contributed by atoms with E-state index in [0.29, 0.717) is 18.4 Å². The number of likely N-dealkylation sites (tertiary alicyclic amines) is 1. The summed E-state index contributed by atoms with van der Waals surface area (Å²) in [6, 6.07) is 10.4. The summed E-state index contributed by atoms with van der Waals surface area (Å²) in [5.74, 6) is 0.906. The molecular weight excluding hydrogens is 250 g/mol. The number of hydrogen-bond acceptors (Lipinski definition) is 3. The quantitative estimate of drug-likeness (QED) is 0.774. The molecule has 0 aliphatic carbocycles. The fraction of sp³-hybridized carbons (Fsp3) is 0.588. The van der Waals surface area contributed by atoms with E-state index in [4.69, 9.17) is 4.74 Å². The maximum absolute atomic E-state index is 12.1. The Morgan fingerprint density at radius 2 is 2.00 bits per heavy atom. The van der Waals surface area contributed by atoms with Gasteiger partial charge in [0.2, 0.25) is 0 Å². The van der Waals surface area contributed by atoms with Gasteiger partial charge in [0.05, 0.1) is 12.5 Å². The molecule has 0 bridgehead atoms. The summed E-state index contributed by atoms with van der Waals surface area (Å²) >= 11 is 0. The van der Waals surface area contributed by atoms with Crippen molar-refractivity contribution in [3.63, 3.8) is 0 Å². The van der Waals surface area contributed by atoms with Crippen LogP contribution < -0.4 is 0 Å². The molecule has 2 atom stereocenters. The molecule has 0 unspecified atom stereocenters. The highest BCUT2D eigenvalue weighted by atomic mass is 16.5. The lowest BCUT2D eigenvalue weighted by atomic mass is 9.86. The summed E-state index contributed by atoms with van der Waals surface area (Å²) in [5, 5.41) is 0. The van der Waals surface area contributed by atoms with Crippen molar-refractivity contribution in [3.05, 3.63) is 35.9 Å². The predicted molar refractivity (Wildman–Crippen MR) is 80.2 cm³/mol. The SMILES string of the molecule is CCOC(=O)[C@H]1CN(Cc2ccccc2)C[C@@H]1C(C)C. The van der Waals surface area contributed by atoms with Crippen LogP contribution in [-0.2, 0) is 16.1 Å². The molecule has 0 N–H and O–H groups in total. The molecule has 1 saturated heterocycles. The fourth-order valence-electron chi connectivity index (χ4n) is 3.06. The molecular formula is C17H25NO2. The number of hydrogen-bond donors (Lipinski definition) is 0.